The summed E-state index contributed by atoms with van der Waals surface area (Å²) in [5.41, 5.74) is 2.06. The standard InChI is InChI=1S/C18H19FN2O/c1-2-6-14-13-15(19)9-10-17(14)18(22)21-12-11-20-16-7-4-3-5-8-16/h2-10,13,20H,11-12H2,1H3,(H,21,22). The van der Waals surface area contributed by atoms with E-state index in [2.05, 4.69) is 10.6 Å². The maximum atomic E-state index is 13.3. The maximum absolute atomic E-state index is 13.3. The Morgan fingerprint density at radius 1 is 1.14 bits per heavy atom. The van der Waals surface area contributed by atoms with E-state index in [0.717, 1.165) is 5.69 Å². The molecular formula is C18H19FN2O. The van der Waals surface area contributed by atoms with E-state index in [9.17, 15) is 9.18 Å². The summed E-state index contributed by atoms with van der Waals surface area (Å²) in [6, 6.07) is 13.9. The van der Waals surface area contributed by atoms with Gasteiger partial charge in [-0.25, -0.2) is 4.39 Å². The molecule has 114 valence electrons. The first kappa shape index (κ1) is 15.8. The number of amides is 1. The average molecular weight is 298 g/mol. The highest BCUT2D eigenvalue weighted by Crippen LogP contribution is 2.13. The van der Waals surface area contributed by atoms with Crippen molar-refractivity contribution in [2.75, 3.05) is 18.4 Å². The zero-order valence-electron chi connectivity index (χ0n) is 12.5. The second-order valence-corrected chi connectivity index (χ2v) is 4.78. The van der Waals surface area contributed by atoms with Crippen LogP contribution in [-0.4, -0.2) is 19.0 Å². The molecule has 0 bridgehead atoms. The summed E-state index contributed by atoms with van der Waals surface area (Å²) < 4.78 is 13.3. The molecule has 22 heavy (non-hydrogen) atoms. The van der Waals surface area contributed by atoms with E-state index in [0.29, 0.717) is 24.2 Å². The van der Waals surface area contributed by atoms with Crippen LogP contribution in [0.4, 0.5) is 10.1 Å². The number of benzene rings is 2. The Morgan fingerprint density at radius 3 is 2.64 bits per heavy atom. The van der Waals surface area contributed by atoms with Gasteiger partial charge >= 0.3 is 0 Å². The largest absolute Gasteiger partial charge is 0.383 e. The number of hydrogen-bond acceptors (Lipinski definition) is 2. The van der Waals surface area contributed by atoms with Crippen LogP contribution in [0, 0.1) is 5.82 Å². The highest BCUT2D eigenvalue weighted by Gasteiger charge is 2.09. The minimum absolute atomic E-state index is 0.206. The Kier molecular flexibility index (Phi) is 5.72. The number of para-hydroxylation sites is 1. The summed E-state index contributed by atoms with van der Waals surface area (Å²) in [5.74, 6) is -0.557. The summed E-state index contributed by atoms with van der Waals surface area (Å²) in [4.78, 5) is 12.2. The first-order valence-electron chi connectivity index (χ1n) is 7.20. The number of allylic oxidation sites excluding steroid dienone is 1. The Morgan fingerprint density at radius 2 is 1.91 bits per heavy atom. The van der Waals surface area contributed by atoms with Gasteiger partial charge in [-0.15, -0.1) is 0 Å². The molecule has 0 radical (unpaired) electrons. The van der Waals surface area contributed by atoms with E-state index in [1.807, 2.05) is 37.3 Å². The zero-order valence-corrected chi connectivity index (χ0v) is 12.5. The van der Waals surface area contributed by atoms with Crippen molar-refractivity contribution in [3.05, 3.63) is 71.6 Å². The van der Waals surface area contributed by atoms with Crippen LogP contribution >= 0.6 is 0 Å². The number of carbonyl (C=O) groups excluding carboxylic acids is 1. The van der Waals surface area contributed by atoms with Gasteiger partial charge in [-0.2, -0.15) is 0 Å². The highest BCUT2D eigenvalue weighted by molar-refractivity contribution is 5.97. The zero-order chi connectivity index (χ0) is 15.8. The smallest absolute Gasteiger partial charge is 0.251 e. The first-order chi connectivity index (χ1) is 10.7. The van der Waals surface area contributed by atoms with Crippen LogP contribution in [0.3, 0.4) is 0 Å². The SMILES string of the molecule is CC=Cc1cc(F)ccc1C(=O)NCCNc1ccccc1. The summed E-state index contributed by atoms with van der Waals surface area (Å²) in [6.07, 6.45) is 3.50. The molecule has 1 amide bonds. The minimum atomic E-state index is -0.351. The van der Waals surface area contributed by atoms with Crippen molar-refractivity contribution >= 4 is 17.7 Å². The summed E-state index contributed by atoms with van der Waals surface area (Å²) >= 11 is 0. The van der Waals surface area contributed by atoms with Gasteiger partial charge in [0.25, 0.3) is 5.91 Å². The predicted molar refractivity (Wildman–Crippen MR) is 88.4 cm³/mol. The number of nitrogens with one attached hydrogen (secondary N) is 2. The third-order valence-corrected chi connectivity index (χ3v) is 3.12. The normalized spacial score (nSPS) is 10.6. The number of anilines is 1. The van der Waals surface area contributed by atoms with Crippen molar-refractivity contribution in [3.8, 4) is 0 Å². The fraction of sp³-hybridized carbons (Fsp3) is 0.167. The monoisotopic (exact) mass is 298 g/mol. The maximum Gasteiger partial charge on any atom is 0.251 e. The van der Waals surface area contributed by atoms with Crippen LogP contribution < -0.4 is 10.6 Å². The third kappa shape index (κ3) is 4.45. The van der Waals surface area contributed by atoms with Gasteiger partial charge in [0, 0.05) is 24.3 Å². The lowest BCUT2D eigenvalue weighted by Gasteiger charge is -2.09. The molecule has 0 unspecified atom stereocenters. The summed E-state index contributed by atoms with van der Waals surface area (Å²) in [5, 5.41) is 6.04. The average Bonchev–Trinajstić information content (AvgIpc) is 2.53. The van der Waals surface area contributed by atoms with E-state index >= 15 is 0 Å². The van der Waals surface area contributed by atoms with Crippen molar-refractivity contribution in [1.82, 2.24) is 5.32 Å². The molecule has 3 nitrogen and oxygen atoms in total. The van der Waals surface area contributed by atoms with E-state index < -0.39 is 0 Å². The quantitative estimate of drug-likeness (QED) is 0.798. The van der Waals surface area contributed by atoms with Crippen LogP contribution in [-0.2, 0) is 0 Å². The topological polar surface area (TPSA) is 41.1 Å². The number of carbonyl (C=O) groups is 1. The number of hydrogen-bond donors (Lipinski definition) is 2. The van der Waals surface area contributed by atoms with Crippen LogP contribution in [0.2, 0.25) is 0 Å². The van der Waals surface area contributed by atoms with Gasteiger partial charge in [-0.1, -0.05) is 30.4 Å². The number of halogens is 1. The molecule has 0 aliphatic carbocycles. The van der Waals surface area contributed by atoms with Gasteiger partial charge in [0.05, 0.1) is 0 Å². The second-order valence-electron chi connectivity index (χ2n) is 4.78. The molecule has 0 atom stereocenters. The number of rotatable bonds is 6. The van der Waals surface area contributed by atoms with Crippen molar-refractivity contribution in [2.24, 2.45) is 0 Å². The fourth-order valence-corrected chi connectivity index (χ4v) is 2.09. The molecule has 2 rings (SSSR count). The first-order valence-corrected chi connectivity index (χ1v) is 7.20. The minimum Gasteiger partial charge on any atom is -0.383 e. The van der Waals surface area contributed by atoms with Gasteiger partial charge in [0.1, 0.15) is 5.82 Å². The molecule has 0 heterocycles. The molecule has 0 aliphatic rings. The molecule has 2 N–H and O–H groups in total. The van der Waals surface area contributed by atoms with Crippen molar-refractivity contribution in [1.29, 1.82) is 0 Å². The van der Waals surface area contributed by atoms with E-state index in [4.69, 9.17) is 0 Å². The lowest BCUT2D eigenvalue weighted by Crippen LogP contribution is -2.29. The summed E-state index contributed by atoms with van der Waals surface area (Å²) in [6.45, 7) is 2.94. The molecule has 0 saturated carbocycles. The summed E-state index contributed by atoms with van der Waals surface area (Å²) in [7, 11) is 0. The second kappa shape index (κ2) is 7.98. The van der Waals surface area contributed by atoms with Crippen LogP contribution in [0.25, 0.3) is 6.08 Å². The molecule has 4 heteroatoms. The highest BCUT2D eigenvalue weighted by atomic mass is 19.1. The predicted octanol–water partition coefficient (Wildman–Crippen LogP) is 3.70. The fourth-order valence-electron chi connectivity index (χ4n) is 2.09. The molecule has 0 aliphatic heterocycles. The molecule has 0 spiro atoms. The Labute approximate surface area is 129 Å². The molecular weight excluding hydrogens is 279 g/mol. The van der Waals surface area contributed by atoms with Gasteiger partial charge in [0.2, 0.25) is 0 Å². The van der Waals surface area contributed by atoms with Crippen molar-refractivity contribution < 1.29 is 9.18 Å². The van der Waals surface area contributed by atoms with Crippen LogP contribution in [0.1, 0.15) is 22.8 Å². The van der Waals surface area contributed by atoms with Gasteiger partial charge < -0.3 is 10.6 Å². The Bertz CT molecular complexity index is 653. The lowest BCUT2D eigenvalue weighted by molar-refractivity contribution is 0.0955. The van der Waals surface area contributed by atoms with Gasteiger partial charge in [-0.05, 0) is 42.8 Å². The van der Waals surface area contributed by atoms with Crippen LogP contribution in [0.15, 0.2) is 54.6 Å². The van der Waals surface area contributed by atoms with Crippen molar-refractivity contribution in [2.45, 2.75) is 6.92 Å². The molecule has 0 aromatic heterocycles. The van der Waals surface area contributed by atoms with Gasteiger partial charge in [-0.3, -0.25) is 4.79 Å². The van der Waals surface area contributed by atoms with E-state index in [1.165, 1.54) is 18.2 Å². The Balaban J connectivity index is 1.90. The Hall–Kier alpha value is -2.62. The van der Waals surface area contributed by atoms with E-state index in [1.54, 1.807) is 12.2 Å². The molecule has 2 aromatic carbocycles. The molecule has 2 aromatic rings. The van der Waals surface area contributed by atoms with E-state index in [-0.39, 0.29) is 11.7 Å². The van der Waals surface area contributed by atoms with Crippen molar-refractivity contribution in [3.63, 3.8) is 0 Å². The molecule has 0 fully saturated rings. The van der Waals surface area contributed by atoms with Gasteiger partial charge in [0.15, 0.2) is 0 Å². The molecule has 0 saturated heterocycles. The third-order valence-electron chi connectivity index (χ3n) is 3.12. The van der Waals surface area contributed by atoms with Crippen LogP contribution in [0.5, 0.6) is 0 Å². The lowest BCUT2D eigenvalue weighted by atomic mass is 10.1.